The molecule has 1 saturated heterocycles. The number of anilines is 1. The summed E-state index contributed by atoms with van der Waals surface area (Å²) in [6, 6.07) is 8.41. The minimum absolute atomic E-state index is 0.113. The molecule has 118 valence electrons. The normalized spacial score (nSPS) is 18.0. The van der Waals surface area contributed by atoms with Gasteiger partial charge in [-0.05, 0) is 40.9 Å². The van der Waals surface area contributed by atoms with Crippen LogP contribution in [-0.4, -0.2) is 21.3 Å². The molecule has 23 heavy (non-hydrogen) atoms. The molecule has 5 nitrogen and oxygen atoms in total. The van der Waals surface area contributed by atoms with Gasteiger partial charge in [-0.2, -0.15) is 5.10 Å². The molecule has 1 aromatic carbocycles. The standard InChI is InChI=1S/C16H15BrN4OS/c1-20-16(22)14(17)12(9-18-20)21-8-4-6-11(21)15-19-10-5-2-3-7-13(10)23-15/h2-3,5,7,9,11H,4,6,8H2,1H3. The lowest BCUT2D eigenvalue weighted by atomic mass is 10.2. The summed E-state index contributed by atoms with van der Waals surface area (Å²) in [7, 11) is 1.66. The Hall–Kier alpha value is -1.73. The molecule has 1 unspecified atom stereocenters. The second-order valence-corrected chi connectivity index (χ2v) is 7.50. The zero-order chi connectivity index (χ0) is 16.0. The number of thiazole rings is 1. The molecule has 0 bridgehead atoms. The topological polar surface area (TPSA) is 51.0 Å². The number of hydrogen-bond acceptors (Lipinski definition) is 5. The number of rotatable bonds is 2. The molecule has 0 amide bonds. The molecule has 1 aliphatic heterocycles. The molecule has 1 aliphatic rings. The van der Waals surface area contributed by atoms with E-state index in [1.807, 2.05) is 18.2 Å². The highest BCUT2D eigenvalue weighted by Gasteiger charge is 2.31. The third kappa shape index (κ3) is 2.48. The van der Waals surface area contributed by atoms with Crippen LogP contribution in [0.3, 0.4) is 0 Å². The van der Waals surface area contributed by atoms with E-state index in [2.05, 4.69) is 32.0 Å². The zero-order valence-corrected chi connectivity index (χ0v) is 15.0. The molecule has 0 radical (unpaired) electrons. The number of hydrogen-bond donors (Lipinski definition) is 0. The SMILES string of the molecule is Cn1ncc(N2CCCC2c2nc3ccccc3s2)c(Br)c1=O. The van der Waals surface area contributed by atoms with Gasteiger partial charge in [0.25, 0.3) is 5.56 Å². The number of nitrogens with zero attached hydrogens (tertiary/aromatic N) is 4. The zero-order valence-electron chi connectivity index (χ0n) is 12.6. The van der Waals surface area contributed by atoms with Crippen molar-refractivity contribution in [3.05, 3.63) is 50.3 Å². The molecular formula is C16H15BrN4OS. The number of aryl methyl sites for hydroxylation is 1. The summed E-state index contributed by atoms with van der Waals surface area (Å²) in [6.45, 7) is 0.911. The van der Waals surface area contributed by atoms with Gasteiger partial charge in [0, 0.05) is 13.6 Å². The van der Waals surface area contributed by atoms with E-state index in [9.17, 15) is 4.79 Å². The van der Waals surface area contributed by atoms with Crippen LogP contribution >= 0.6 is 27.3 Å². The average Bonchev–Trinajstić information content (AvgIpc) is 3.18. The van der Waals surface area contributed by atoms with Crippen LogP contribution in [0.2, 0.25) is 0 Å². The lowest BCUT2D eigenvalue weighted by Gasteiger charge is -2.25. The van der Waals surface area contributed by atoms with E-state index >= 15 is 0 Å². The summed E-state index contributed by atoms with van der Waals surface area (Å²) in [5, 5.41) is 5.28. The first-order chi connectivity index (χ1) is 11.1. The first kappa shape index (κ1) is 14.8. The van der Waals surface area contributed by atoms with E-state index in [4.69, 9.17) is 4.98 Å². The molecule has 7 heteroatoms. The fraction of sp³-hybridized carbons (Fsp3) is 0.312. The van der Waals surface area contributed by atoms with Crippen LogP contribution < -0.4 is 10.5 Å². The molecule has 2 aromatic heterocycles. The first-order valence-corrected chi connectivity index (χ1v) is 9.10. The molecule has 0 spiro atoms. The predicted octanol–water partition coefficient (Wildman–Crippen LogP) is 3.49. The van der Waals surface area contributed by atoms with Crippen LogP contribution in [0.5, 0.6) is 0 Å². The molecule has 4 rings (SSSR count). The van der Waals surface area contributed by atoms with Gasteiger partial charge in [-0.15, -0.1) is 11.3 Å². The van der Waals surface area contributed by atoms with Crippen molar-refractivity contribution in [1.29, 1.82) is 0 Å². The third-order valence-electron chi connectivity index (χ3n) is 4.22. The van der Waals surface area contributed by atoms with Gasteiger partial charge in [0.2, 0.25) is 0 Å². The Morgan fingerprint density at radius 3 is 3.00 bits per heavy atom. The summed E-state index contributed by atoms with van der Waals surface area (Å²) in [4.78, 5) is 19.2. The van der Waals surface area contributed by atoms with Crippen molar-refractivity contribution < 1.29 is 0 Å². The number of halogens is 1. The largest absolute Gasteiger partial charge is 0.360 e. The van der Waals surface area contributed by atoms with E-state index < -0.39 is 0 Å². The van der Waals surface area contributed by atoms with Crippen LogP contribution in [0.1, 0.15) is 23.9 Å². The second-order valence-electron chi connectivity index (χ2n) is 5.64. The summed E-state index contributed by atoms with van der Waals surface area (Å²) < 4.78 is 3.12. The van der Waals surface area contributed by atoms with Gasteiger partial charge in [-0.25, -0.2) is 9.67 Å². The molecule has 0 aliphatic carbocycles. The minimum atomic E-state index is -0.113. The maximum absolute atomic E-state index is 12.1. The van der Waals surface area contributed by atoms with Gasteiger partial charge >= 0.3 is 0 Å². The predicted molar refractivity (Wildman–Crippen MR) is 96.1 cm³/mol. The van der Waals surface area contributed by atoms with Gasteiger partial charge in [0.1, 0.15) is 9.48 Å². The number of para-hydroxylation sites is 1. The molecule has 1 atom stereocenters. The monoisotopic (exact) mass is 390 g/mol. The Bertz CT molecular complexity index is 902. The van der Waals surface area contributed by atoms with Gasteiger partial charge in [-0.3, -0.25) is 4.79 Å². The van der Waals surface area contributed by atoms with Crippen molar-refractivity contribution in [2.24, 2.45) is 7.05 Å². The molecular weight excluding hydrogens is 376 g/mol. The lowest BCUT2D eigenvalue weighted by Crippen LogP contribution is -2.28. The average molecular weight is 391 g/mol. The van der Waals surface area contributed by atoms with E-state index in [-0.39, 0.29) is 11.6 Å². The Balaban J connectivity index is 1.77. The van der Waals surface area contributed by atoms with Crippen molar-refractivity contribution in [2.75, 3.05) is 11.4 Å². The highest BCUT2D eigenvalue weighted by Crippen LogP contribution is 2.40. The highest BCUT2D eigenvalue weighted by molar-refractivity contribution is 9.10. The van der Waals surface area contributed by atoms with Crippen molar-refractivity contribution >= 4 is 43.2 Å². The van der Waals surface area contributed by atoms with E-state index in [1.54, 1.807) is 24.6 Å². The fourth-order valence-corrected chi connectivity index (χ4v) is 4.75. The maximum Gasteiger partial charge on any atom is 0.282 e. The van der Waals surface area contributed by atoms with Crippen LogP contribution in [0, 0.1) is 0 Å². The van der Waals surface area contributed by atoms with Crippen LogP contribution in [0.25, 0.3) is 10.2 Å². The summed E-state index contributed by atoms with van der Waals surface area (Å²) in [5.41, 5.74) is 1.79. The summed E-state index contributed by atoms with van der Waals surface area (Å²) >= 11 is 5.18. The van der Waals surface area contributed by atoms with Crippen molar-refractivity contribution in [3.8, 4) is 0 Å². The minimum Gasteiger partial charge on any atom is -0.360 e. The van der Waals surface area contributed by atoms with Gasteiger partial charge < -0.3 is 4.90 Å². The smallest absolute Gasteiger partial charge is 0.282 e. The number of aromatic nitrogens is 3. The summed E-state index contributed by atoms with van der Waals surface area (Å²) in [6.07, 6.45) is 3.89. The van der Waals surface area contributed by atoms with Crippen LogP contribution in [0.4, 0.5) is 5.69 Å². The van der Waals surface area contributed by atoms with E-state index in [1.165, 1.54) is 9.38 Å². The molecule has 3 heterocycles. The van der Waals surface area contributed by atoms with E-state index in [0.717, 1.165) is 35.6 Å². The number of fused-ring (bicyclic) bond motifs is 1. The van der Waals surface area contributed by atoms with Crippen molar-refractivity contribution in [1.82, 2.24) is 14.8 Å². The summed E-state index contributed by atoms with van der Waals surface area (Å²) in [5.74, 6) is 0. The first-order valence-electron chi connectivity index (χ1n) is 7.49. The third-order valence-corrected chi connectivity index (χ3v) is 6.10. The van der Waals surface area contributed by atoms with E-state index in [0.29, 0.717) is 4.47 Å². The van der Waals surface area contributed by atoms with Gasteiger partial charge in [-0.1, -0.05) is 12.1 Å². The van der Waals surface area contributed by atoms with Crippen molar-refractivity contribution in [2.45, 2.75) is 18.9 Å². The van der Waals surface area contributed by atoms with Crippen LogP contribution in [0.15, 0.2) is 39.7 Å². The molecule has 0 saturated carbocycles. The van der Waals surface area contributed by atoms with Gasteiger partial charge in [0.15, 0.2) is 0 Å². The Labute approximate surface area is 145 Å². The Morgan fingerprint density at radius 2 is 2.17 bits per heavy atom. The number of benzene rings is 1. The van der Waals surface area contributed by atoms with Gasteiger partial charge in [0.05, 0.1) is 28.1 Å². The quantitative estimate of drug-likeness (QED) is 0.671. The highest BCUT2D eigenvalue weighted by atomic mass is 79.9. The van der Waals surface area contributed by atoms with Crippen LogP contribution in [-0.2, 0) is 7.05 Å². The maximum atomic E-state index is 12.1. The molecule has 3 aromatic rings. The fourth-order valence-electron chi connectivity index (χ4n) is 3.05. The molecule has 0 N–H and O–H groups in total. The lowest BCUT2D eigenvalue weighted by molar-refractivity contribution is 0.678. The van der Waals surface area contributed by atoms with Crippen molar-refractivity contribution in [3.63, 3.8) is 0 Å². The Morgan fingerprint density at radius 1 is 1.35 bits per heavy atom. The Kier molecular flexibility index (Phi) is 3.69. The molecule has 1 fully saturated rings. The second kappa shape index (κ2) is 5.72.